The molecule has 1 saturated heterocycles. The van der Waals surface area contributed by atoms with E-state index in [1.807, 2.05) is 18.2 Å². The Balaban J connectivity index is 1.46. The maximum Gasteiger partial charge on any atom is 0.338 e. The number of benzene rings is 2. The van der Waals surface area contributed by atoms with E-state index in [-0.39, 0.29) is 23.3 Å². The van der Waals surface area contributed by atoms with E-state index in [0.717, 1.165) is 16.7 Å². The van der Waals surface area contributed by atoms with Crippen molar-refractivity contribution in [1.82, 2.24) is 4.90 Å². The van der Waals surface area contributed by atoms with Gasteiger partial charge in [-0.3, -0.25) is 14.5 Å². The molecule has 0 unspecified atom stereocenters. The zero-order valence-electron chi connectivity index (χ0n) is 17.1. The number of carbonyl (C=O) groups is 3. The normalized spacial score (nSPS) is 14.8. The van der Waals surface area contributed by atoms with Crippen molar-refractivity contribution >= 4 is 35.0 Å². The van der Waals surface area contributed by atoms with Crippen LogP contribution in [0.2, 0.25) is 0 Å². The third-order valence-electron chi connectivity index (χ3n) is 4.70. The van der Waals surface area contributed by atoms with Crippen molar-refractivity contribution in [3.05, 3.63) is 83.0 Å². The smallest absolute Gasteiger partial charge is 0.338 e. The van der Waals surface area contributed by atoms with E-state index < -0.39 is 11.9 Å². The summed E-state index contributed by atoms with van der Waals surface area (Å²) in [5.41, 5.74) is 0.944. The van der Waals surface area contributed by atoms with Crippen molar-refractivity contribution in [2.24, 2.45) is 0 Å². The fraction of sp³-hybridized carbons (Fsp3) is 0.125. The molecule has 0 saturated carbocycles. The minimum Gasteiger partial charge on any atom is -0.492 e. The number of hydrogen-bond donors (Lipinski definition) is 0. The van der Waals surface area contributed by atoms with Gasteiger partial charge in [0.1, 0.15) is 23.9 Å². The second-order valence-electron chi connectivity index (χ2n) is 6.73. The monoisotopic (exact) mass is 449 g/mol. The van der Waals surface area contributed by atoms with Gasteiger partial charge in [-0.05, 0) is 42.1 Å². The lowest BCUT2D eigenvalue weighted by molar-refractivity contribution is -0.123. The number of rotatable bonds is 7. The quantitative estimate of drug-likeness (QED) is 0.376. The molecule has 3 aromatic rings. The standard InChI is InChI=1S/C24H19NO6S/c1-29-23(27)19-10-6-5-9-18(19)20-12-11-17(31-20)15-21-22(26)25(24(28)32-21)13-14-30-16-7-3-2-4-8-16/h2-12,15H,13-14H2,1H3/b21-15-. The van der Waals surface area contributed by atoms with Gasteiger partial charge < -0.3 is 13.9 Å². The first kappa shape index (κ1) is 21.5. The lowest BCUT2D eigenvalue weighted by Crippen LogP contribution is -2.32. The topological polar surface area (TPSA) is 86.0 Å². The minimum absolute atomic E-state index is 0.146. The Morgan fingerprint density at radius 3 is 2.56 bits per heavy atom. The fourth-order valence-corrected chi connectivity index (χ4v) is 4.00. The van der Waals surface area contributed by atoms with Crippen molar-refractivity contribution in [2.45, 2.75) is 0 Å². The maximum absolute atomic E-state index is 12.7. The van der Waals surface area contributed by atoms with Crippen LogP contribution in [0, 0.1) is 0 Å². The summed E-state index contributed by atoms with van der Waals surface area (Å²) in [5, 5.41) is -0.360. The Kier molecular flexibility index (Phi) is 6.42. The third kappa shape index (κ3) is 4.60. The summed E-state index contributed by atoms with van der Waals surface area (Å²) in [4.78, 5) is 38.4. The second kappa shape index (κ2) is 9.57. The first-order chi connectivity index (χ1) is 15.6. The Morgan fingerprint density at radius 2 is 1.78 bits per heavy atom. The number of ether oxygens (including phenoxy) is 2. The molecule has 0 bridgehead atoms. The summed E-state index contributed by atoms with van der Waals surface area (Å²) >= 11 is 0.848. The fourth-order valence-electron chi connectivity index (χ4n) is 3.15. The summed E-state index contributed by atoms with van der Waals surface area (Å²) in [7, 11) is 1.31. The molecule has 0 atom stereocenters. The first-order valence-electron chi connectivity index (χ1n) is 9.77. The van der Waals surface area contributed by atoms with E-state index >= 15 is 0 Å². The molecule has 1 aliphatic rings. The number of carbonyl (C=O) groups excluding carboxylic acids is 3. The largest absolute Gasteiger partial charge is 0.492 e. The summed E-state index contributed by atoms with van der Waals surface area (Å²) in [6.45, 7) is 0.345. The van der Waals surface area contributed by atoms with Crippen molar-refractivity contribution < 1.29 is 28.3 Å². The molecule has 2 heterocycles. The Morgan fingerprint density at radius 1 is 1.03 bits per heavy atom. The molecule has 0 aliphatic carbocycles. The molecule has 0 N–H and O–H groups in total. The van der Waals surface area contributed by atoms with Gasteiger partial charge >= 0.3 is 5.97 Å². The molecule has 2 amide bonds. The number of thioether (sulfide) groups is 1. The molecule has 7 nitrogen and oxygen atoms in total. The van der Waals surface area contributed by atoms with Crippen LogP contribution in [0.5, 0.6) is 5.75 Å². The third-order valence-corrected chi connectivity index (χ3v) is 5.61. The van der Waals surface area contributed by atoms with Crippen LogP contribution in [0.4, 0.5) is 4.79 Å². The van der Waals surface area contributed by atoms with Gasteiger partial charge in [0.05, 0.1) is 24.1 Å². The van der Waals surface area contributed by atoms with Gasteiger partial charge in [0.25, 0.3) is 11.1 Å². The number of furan rings is 1. The van der Waals surface area contributed by atoms with Crippen molar-refractivity contribution in [1.29, 1.82) is 0 Å². The number of methoxy groups -OCH3 is 1. The lowest BCUT2D eigenvalue weighted by Gasteiger charge is -2.13. The molecule has 0 radical (unpaired) electrons. The van der Waals surface area contributed by atoms with Gasteiger partial charge in [-0.1, -0.05) is 36.4 Å². The van der Waals surface area contributed by atoms with E-state index in [1.54, 1.807) is 48.5 Å². The lowest BCUT2D eigenvalue weighted by atomic mass is 10.1. The maximum atomic E-state index is 12.7. The molecule has 162 valence electrons. The number of nitrogens with zero attached hydrogens (tertiary/aromatic N) is 1. The predicted molar refractivity (Wildman–Crippen MR) is 120 cm³/mol. The van der Waals surface area contributed by atoms with Gasteiger partial charge in [-0.25, -0.2) is 4.79 Å². The number of imide groups is 1. The number of para-hydroxylation sites is 1. The highest BCUT2D eigenvalue weighted by Crippen LogP contribution is 2.33. The molecule has 2 aromatic carbocycles. The Bertz CT molecular complexity index is 1180. The molecular formula is C24H19NO6S. The Hall–Kier alpha value is -3.78. The molecule has 8 heteroatoms. The van der Waals surface area contributed by atoms with E-state index in [9.17, 15) is 14.4 Å². The van der Waals surface area contributed by atoms with E-state index in [2.05, 4.69) is 0 Å². The first-order valence-corrected chi connectivity index (χ1v) is 10.6. The molecule has 1 fully saturated rings. The van der Waals surface area contributed by atoms with E-state index in [1.165, 1.54) is 13.2 Å². The van der Waals surface area contributed by atoms with Gasteiger partial charge in [0.15, 0.2) is 0 Å². The zero-order chi connectivity index (χ0) is 22.5. The van der Waals surface area contributed by atoms with Crippen LogP contribution in [0.3, 0.4) is 0 Å². The molecule has 1 aliphatic heterocycles. The highest BCUT2D eigenvalue weighted by Gasteiger charge is 2.35. The molecule has 0 spiro atoms. The van der Waals surface area contributed by atoms with Crippen LogP contribution in [-0.2, 0) is 9.53 Å². The highest BCUT2D eigenvalue weighted by molar-refractivity contribution is 8.18. The van der Waals surface area contributed by atoms with Gasteiger partial charge in [0.2, 0.25) is 0 Å². The SMILES string of the molecule is COC(=O)c1ccccc1-c1ccc(/C=C2\SC(=O)N(CCOc3ccccc3)C2=O)o1. The minimum atomic E-state index is -0.475. The molecule has 4 rings (SSSR count). The average Bonchev–Trinajstić information content (AvgIpc) is 3.39. The molecular weight excluding hydrogens is 430 g/mol. The van der Waals surface area contributed by atoms with Crippen LogP contribution < -0.4 is 4.74 Å². The molecule has 32 heavy (non-hydrogen) atoms. The van der Waals surface area contributed by atoms with Crippen LogP contribution >= 0.6 is 11.8 Å². The average molecular weight is 449 g/mol. The number of esters is 1. The summed E-state index contributed by atoms with van der Waals surface area (Å²) < 4.78 is 16.2. The van der Waals surface area contributed by atoms with Gasteiger partial charge in [-0.2, -0.15) is 0 Å². The Labute approximate surface area is 188 Å². The van der Waals surface area contributed by atoms with Crippen LogP contribution in [-0.4, -0.2) is 42.3 Å². The summed E-state index contributed by atoms with van der Waals surface area (Å²) in [6, 6.07) is 19.5. The predicted octanol–water partition coefficient (Wildman–Crippen LogP) is 4.85. The second-order valence-corrected chi connectivity index (χ2v) is 7.73. The van der Waals surface area contributed by atoms with Gasteiger partial charge in [0, 0.05) is 11.6 Å². The summed E-state index contributed by atoms with van der Waals surface area (Å²) in [5.74, 6) is 0.644. The number of amides is 2. The van der Waals surface area contributed by atoms with Gasteiger partial charge in [-0.15, -0.1) is 0 Å². The van der Waals surface area contributed by atoms with Crippen molar-refractivity contribution in [2.75, 3.05) is 20.3 Å². The molecule has 1 aromatic heterocycles. The van der Waals surface area contributed by atoms with E-state index in [0.29, 0.717) is 28.4 Å². The number of hydrogen-bond acceptors (Lipinski definition) is 7. The van der Waals surface area contributed by atoms with Crippen LogP contribution in [0.15, 0.2) is 76.1 Å². The van der Waals surface area contributed by atoms with Crippen molar-refractivity contribution in [3.63, 3.8) is 0 Å². The summed E-state index contributed by atoms with van der Waals surface area (Å²) in [6.07, 6.45) is 1.52. The zero-order valence-corrected chi connectivity index (χ0v) is 18.0. The highest BCUT2D eigenvalue weighted by atomic mass is 32.2. The van der Waals surface area contributed by atoms with E-state index in [4.69, 9.17) is 13.9 Å². The van der Waals surface area contributed by atoms with Crippen LogP contribution in [0.1, 0.15) is 16.1 Å². The van der Waals surface area contributed by atoms with Crippen molar-refractivity contribution in [3.8, 4) is 17.1 Å². The van der Waals surface area contributed by atoms with Crippen LogP contribution in [0.25, 0.3) is 17.4 Å².